The highest BCUT2D eigenvalue weighted by Gasteiger charge is 2.21. The van der Waals surface area contributed by atoms with Crippen LogP contribution in [0, 0.1) is 5.92 Å². The van der Waals surface area contributed by atoms with Gasteiger partial charge in [-0.05, 0) is 23.6 Å². The monoisotopic (exact) mass is 233 g/mol. The van der Waals surface area contributed by atoms with E-state index in [1.807, 2.05) is 24.3 Å². The molecule has 0 radical (unpaired) electrons. The van der Waals surface area contributed by atoms with E-state index in [9.17, 15) is 0 Å². The summed E-state index contributed by atoms with van der Waals surface area (Å²) in [6, 6.07) is 8.35. The summed E-state index contributed by atoms with van der Waals surface area (Å²) in [4.78, 5) is 4.59. The highest BCUT2D eigenvalue weighted by Crippen LogP contribution is 2.17. The van der Waals surface area contributed by atoms with Gasteiger partial charge in [-0.3, -0.25) is 0 Å². The lowest BCUT2D eigenvalue weighted by Gasteiger charge is -2.06. The first-order chi connectivity index (χ1) is 8.19. The zero-order valence-corrected chi connectivity index (χ0v) is 10.6. The number of ether oxygens (including phenoxy) is 2. The minimum atomic E-state index is 0.322. The van der Waals surface area contributed by atoms with Crippen LogP contribution in [-0.2, 0) is 11.2 Å². The molecule has 2 rings (SSSR count). The predicted molar refractivity (Wildman–Crippen MR) is 68.7 cm³/mol. The minimum Gasteiger partial charge on any atom is -0.497 e. The maximum absolute atomic E-state index is 5.61. The fourth-order valence-corrected chi connectivity index (χ4v) is 1.80. The van der Waals surface area contributed by atoms with Gasteiger partial charge in [0.15, 0.2) is 5.90 Å². The lowest BCUT2D eigenvalue weighted by atomic mass is 10.1. The van der Waals surface area contributed by atoms with Crippen molar-refractivity contribution in [2.24, 2.45) is 10.9 Å². The third kappa shape index (κ3) is 2.99. The van der Waals surface area contributed by atoms with Crippen LogP contribution < -0.4 is 4.74 Å². The van der Waals surface area contributed by atoms with Crippen LogP contribution >= 0.6 is 0 Å². The van der Waals surface area contributed by atoms with Crippen LogP contribution in [0.15, 0.2) is 29.3 Å². The van der Waals surface area contributed by atoms with Gasteiger partial charge in [-0.25, -0.2) is 4.99 Å². The van der Waals surface area contributed by atoms with Crippen LogP contribution in [0.3, 0.4) is 0 Å². The molecule has 3 heteroatoms. The van der Waals surface area contributed by atoms with Gasteiger partial charge in [-0.1, -0.05) is 26.0 Å². The maximum atomic E-state index is 5.61. The molecule has 1 aromatic carbocycles. The number of benzene rings is 1. The zero-order chi connectivity index (χ0) is 12.3. The molecule has 1 aromatic rings. The molecule has 1 aliphatic rings. The maximum Gasteiger partial charge on any atom is 0.188 e. The SMILES string of the molecule is COc1ccc(CC2=N[C@@H](C(C)C)CO2)cc1. The summed E-state index contributed by atoms with van der Waals surface area (Å²) in [7, 11) is 1.67. The number of aliphatic imine (C=N–C) groups is 1. The second-order valence-electron chi connectivity index (χ2n) is 4.67. The Kier molecular flexibility index (Phi) is 3.67. The summed E-state index contributed by atoms with van der Waals surface area (Å²) in [6.45, 7) is 5.07. The Balaban J connectivity index is 1.99. The molecule has 0 aliphatic carbocycles. The summed E-state index contributed by atoms with van der Waals surface area (Å²) in [5.74, 6) is 2.28. The fraction of sp³-hybridized carbons (Fsp3) is 0.500. The summed E-state index contributed by atoms with van der Waals surface area (Å²) < 4.78 is 10.7. The minimum absolute atomic E-state index is 0.322. The first-order valence-corrected chi connectivity index (χ1v) is 6.01. The highest BCUT2D eigenvalue weighted by atomic mass is 16.5. The Morgan fingerprint density at radius 2 is 2.06 bits per heavy atom. The largest absolute Gasteiger partial charge is 0.497 e. The summed E-state index contributed by atoms with van der Waals surface area (Å²) in [5.41, 5.74) is 1.20. The Bertz CT molecular complexity index is 395. The molecule has 0 amide bonds. The van der Waals surface area contributed by atoms with Crippen molar-refractivity contribution in [3.63, 3.8) is 0 Å². The highest BCUT2D eigenvalue weighted by molar-refractivity contribution is 5.80. The molecule has 0 saturated carbocycles. The second kappa shape index (κ2) is 5.21. The van der Waals surface area contributed by atoms with Gasteiger partial charge in [-0.15, -0.1) is 0 Å². The molecule has 0 bridgehead atoms. The van der Waals surface area contributed by atoms with Crippen molar-refractivity contribution in [1.29, 1.82) is 0 Å². The Morgan fingerprint density at radius 3 is 2.59 bits per heavy atom. The van der Waals surface area contributed by atoms with E-state index in [1.165, 1.54) is 5.56 Å². The van der Waals surface area contributed by atoms with E-state index in [-0.39, 0.29) is 0 Å². The number of hydrogen-bond donors (Lipinski definition) is 0. The average molecular weight is 233 g/mol. The van der Waals surface area contributed by atoms with Crippen molar-refractivity contribution >= 4 is 5.90 Å². The standard InChI is InChI=1S/C14H19NO2/c1-10(2)13-9-17-14(15-13)8-11-4-6-12(16-3)7-5-11/h4-7,10,13H,8-9H2,1-3H3/t13-/m1/s1. The van der Waals surface area contributed by atoms with Crippen LogP contribution in [0.2, 0.25) is 0 Å². The van der Waals surface area contributed by atoms with Crippen LogP contribution in [0.4, 0.5) is 0 Å². The molecule has 92 valence electrons. The summed E-state index contributed by atoms with van der Waals surface area (Å²) >= 11 is 0. The van der Waals surface area contributed by atoms with Crippen molar-refractivity contribution in [3.05, 3.63) is 29.8 Å². The summed E-state index contributed by atoms with van der Waals surface area (Å²) in [6.07, 6.45) is 0.771. The van der Waals surface area contributed by atoms with Gasteiger partial charge in [0.1, 0.15) is 12.4 Å². The quantitative estimate of drug-likeness (QED) is 0.800. The lowest BCUT2D eigenvalue weighted by Crippen LogP contribution is -2.13. The Labute approximate surface area is 102 Å². The van der Waals surface area contributed by atoms with E-state index in [4.69, 9.17) is 9.47 Å². The van der Waals surface area contributed by atoms with Gasteiger partial charge in [0.25, 0.3) is 0 Å². The van der Waals surface area contributed by atoms with Crippen LogP contribution in [0.5, 0.6) is 5.75 Å². The normalized spacial score (nSPS) is 19.1. The molecular weight excluding hydrogens is 214 g/mol. The molecule has 0 saturated heterocycles. The third-order valence-corrected chi connectivity index (χ3v) is 3.01. The number of rotatable bonds is 4. The fourth-order valence-electron chi connectivity index (χ4n) is 1.80. The average Bonchev–Trinajstić information content (AvgIpc) is 2.79. The molecule has 0 fully saturated rings. The number of methoxy groups -OCH3 is 1. The Hall–Kier alpha value is -1.51. The van der Waals surface area contributed by atoms with Crippen LogP contribution in [-0.4, -0.2) is 25.7 Å². The molecule has 0 spiro atoms. The van der Waals surface area contributed by atoms with E-state index >= 15 is 0 Å². The van der Waals surface area contributed by atoms with E-state index in [0.717, 1.165) is 24.7 Å². The predicted octanol–water partition coefficient (Wildman–Crippen LogP) is 2.69. The van der Waals surface area contributed by atoms with Crippen molar-refractivity contribution in [3.8, 4) is 5.75 Å². The molecule has 0 unspecified atom stereocenters. The smallest absolute Gasteiger partial charge is 0.188 e. The molecule has 17 heavy (non-hydrogen) atoms. The number of nitrogens with zero attached hydrogens (tertiary/aromatic N) is 1. The van der Waals surface area contributed by atoms with Gasteiger partial charge in [0.2, 0.25) is 0 Å². The first-order valence-electron chi connectivity index (χ1n) is 6.01. The van der Waals surface area contributed by atoms with Crippen molar-refractivity contribution in [2.75, 3.05) is 13.7 Å². The molecule has 1 aliphatic heterocycles. The molecule has 0 aromatic heterocycles. The molecule has 1 heterocycles. The lowest BCUT2D eigenvalue weighted by molar-refractivity contribution is 0.287. The van der Waals surface area contributed by atoms with Crippen molar-refractivity contribution in [2.45, 2.75) is 26.3 Å². The Morgan fingerprint density at radius 1 is 1.35 bits per heavy atom. The van der Waals surface area contributed by atoms with Crippen molar-refractivity contribution in [1.82, 2.24) is 0 Å². The van der Waals surface area contributed by atoms with E-state index in [2.05, 4.69) is 18.8 Å². The van der Waals surface area contributed by atoms with Crippen LogP contribution in [0.1, 0.15) is 19.4 Å². The van der Waals surface area contributed by atoms with E-state index in [0.29, 0.717) is 12.0 Å². The number of hydrogen-bond acceptors (Lipinski definition) is 3. The zero-order valence-electron chi connectivity index (χ0n) is 10.6. The molecule has 0 N–H and O–H groups in total. The van der Waals surface area contributed by atoms with Crippen LogP contribution in [0.25, 0.3) is 0 Å². The summed E-state index contributed by atoms with van der Waals surface area (Å²) in [5, 5.41) is 0. The van der Waals surface area contributed by atoms with Gasteiger partial charge >= 0.3 is 0 Å². The third-order valence-electron chi connectivity index (χ3n) is 3.01. The topological polar surface area (TPSA) is 30.8 Å². The van der Waals surface area contributed by atoms with E-state index in [1.54, 1.807) is 7.11 Å². The molecular formula is C14H19NO2. The molecule has 1 atom stereocenters. The van der Waals surface area contributed by atoms with Gasteiger partial charge in [0, 0.05) is 6.42 Å². The van der Waals surface area contributed by atoms with Gasteiger partial charge < -0.3 is 9.47 Å². The first kappa shape index (κ1) is 12.0. The molecule has 3 nitrogen and oxygen atoms in total. The second-order valence-corrected chi connectivity index (χ2v) is 4.67. The van der Waals surface area contributed by atoms with Gasteiger partial charge in [0.05, 0.1) is 13.2 Å². The van der Waals surface area contributed by atoms with Crippen molar-refractivity contribution < 1.29 is 9.47 Å². The van der Waals surface area contributed by atoms with Gasteiger partial charge in [-0.2, -0.15) is 0 Å². The van der Waals surface area contributed by atoms with E-state index < -0.39 is 0 Å².